The number of hydrogen-bond donors (Lipinski definition) is 2. The number of phenolic OH excluding ortho intramolecular Hbond substituents is 1. The van der Waals surface area contributed by atoms with E-state index in [1.54, 1.807) is 45.7 Å². The molecule has 0 fully saturated rings. The highest BCUT2D eigenvalue weighted by atomic mass is 16.5. The number of aromatic nitrogens is 4. The lowest BCUT2D eigenvalue weighted by molar-refractivity contribution is 0.324. The molecule has 4 rings (SSSR count). The summed E-state index contributed by atoms with van der Waals surface area (Å²) in [5, 5.41) is 17.0. The van der Waals surface area contributed by atoms with Crippen molar-refractivity contribution >= 4 is 11.2 Å². The molecule has 8 nitrogen and oxygen atoms in total. The lowest BCUT2D eigenvalue weighted by Crippen LogP contribution is -1.96. The highest BCUT2D eigenvalue weighted by Gasteiger charge is 2.18. The highest BCUT2D eigenvalue weighted by molar-refractivity contribution is 5.89. The third-order valence-electron chi connectivity index (χ3n) is 4.36. The Morgan fingerprint density at radius 2 is 1.68 bits per heavy atom. The predicted octanol–water partition coefficient (Wildman–Crippen LogP) is 3.42. The van der Waals surface area contributed by atoms with E-state index in [0.717, 1.165) is 11.1 Å². The second-order valence-electron chi connectivity index (χ2n) is 5.99. The van der Waals surface area contributed by atoms with Gasteiger partial charge in [0.25, 0.3) is 0 Å². The van der Waals surface area contributed by atoms with Crippen LogP contribution in [0.3, 0.4) is 0 Å². The number of ether oxygens (including phenoxy) is 3. The minimum atomic E-state index is 0.163. The van der Waals surface area contributed by atoms with Gasteiger partial charge in [0.2, 0.25) is 5.75 Å². The molecule has 2 aromatic heterocycles. The molecule has 0 spiro atoms. The molecular formula is C20H18N4O4. The Bertz CT molecular complexity index is 1130. The fourth-order valence-corrected chi connectivity index (χ4v) is 3.03. The summed E-state index contributed by atoms with van der Waals surface area (Å²) in [6.45, 7) is 0. The zero-order valence-electron chi connectivity index (χ0n) is 15.6. The third kappa shape index (κ3) is 2.94. The topological polar surface area (TPSA) is 102 Å². The van der Waals surface area contributed by atoms with Crippen molar-refractivity contribution in [2.75, 3.05) is 21.3 Å². The van der Waals surface area contributed by atoms with E-state index in [4.69, 9.17) is 19.2 Å². The zero-order chi connectivity index (χ0) is 19.7. The minimum absolute atomic E-state index is 0.163. The van der Waals surface area contributed by atoms with Gasteiger partial charge in [0.15, 0.2) is 17.1 Å². The van der Waals surface area contributed by atoms with E-state index >= 15 is 0 Å². The Balaban J connectivity index is 1.89. The van der Waals surface area contributed by atoms with E-state index in [0.29, 0.717) is 39.8 Å². The van der Waals surface area contributed by atoms with Crippen LogP contribution in [0.25, 0.3) is 33.7 Å². The SMILES string of the molecule is COc1cc(-c2[nH]nc3ncc(-c4cccc(O)c4)nc23)cc(OC)c1OC. The van der Waals surface area contributed by atoms with Crippen LogP contribution in [0.5, 0.6) is 23.0 Å². The maximum atomic E-state index is 9.74. The van der Waals surface area contributed by atoms with Crippen LogP contribution in [0.1, 0.15) is 0 Å². The van der Waals surface area contributed by atoms with E-state index in [1.807, 2.05) is 18.2 Å². The van der Waals surface area contributed by atoms with Crippen molar-refractivity contribution < 1.29 is 19.3 Å². The maximum Gasteiger partial charge on any atom is 0.203 e. The first-order valence-corrected chi connectivity index (χ1v) is 8.45. The second-order valence-corrected chi connectivity index (χ2v) is 5.99. The van der Waals surface area contributed by atoms with Gasteiger partial charge in [-0.05, 0) is 24.3 Å². The monoisotopic (exact) mass is 378 g/mol. The number of H-pyrrole nitrogens is 1. The molecule has 0 aliphatic carbocycles. The quantitative estimate of drug-likeness (QED) is 0.548. The molecular weight excluding hydrogens is 360 g/mol. The molecule has 28 heavy (non-hydrogen) atoms. The Morgan fingerprint density at radius 1 is 0.929 bits per heavy atom. The number of phenols is 1. The summed E-state index contributed by atoms with van der Waals surface area (Å²) in [4.78, 5) is 9.07. The fraction of sp³-hybridized carbons (Fsp3) is 0.150. The number of aromatic hydroxyl groups is 1. The summed E-state index contributed by atoms with van der Waals surface area (Å²) in [6.07, 6.45) is 1.62. The van der Waals surface area contributed by atoms with Crippen LogP contribution in [0.2, 0.25) is 0 Å². The Labute approximate surface area is 160 Å². The highest BCUT2D eigenvalue weighted by Crippen LogP contribution is 2.41. The summed E-state index contributed by atoms with van der Waals surface area (Å²) in [6, 6.07) is 10.5. The van der Waals surface area contributed by atoms with Crippen LogP contribution < -0.4 is 14.2 Å². The number of methoxy groups -OCH3 is 3. The van der Waals surface area contributed by atoms with Gasteiger partial charge in [0.1, 0.15) is 11.3 Å². The van der Waals surface area contributed by atoms with Crippen LogP contribution in [-0.4, -0.2) is 46.6 Å². The number of aromatic amines is 1. The van der Waals surface area contributed by atoms with Crippen LogP contribution in [0.15, 0.2) is 42.6 Å². The molecule has 0 saturated carbocycles. The van der Waals surface area contributed by atoms with E-state index in [9.17, 15) is 5.11 Å². The van der Waals surface area contributed by atoms with E-state index < -0.39 is 0 Å². The first-order valence-electron chi connectivity index (χ1n) is 8.45. The lowest BCUT2D eigenvalue weighted by Gasteiger charge is -2.13. The molecule has 0 unspecified atom stereocenters. The lowest BCUT2D eigenvalue weighted by atomic mass is 10.1. The van der Waals surface area contributed by atoms with Crippen LogP contribution >= 0.6 is 0 Å². The fourth-order valence-electron chi connectivity index (χ4n) is 3.03. The van der Waals surface area contributed by atoms with E-state index in [-0.39, 0.29) is 5.75 Å². The van der Waals surface area contributed by atoms with Gasteiger partial charge in [0, 0.05) is 11.1 Å². The molecule has 0 atom stereocenters. The van der Waals surface area contributed by atoms with Crippen molar-refractivity contribution in [3.8, 4) is 45.5 Å². The zero-order valence-corrected chi connectivity index (χ0v) is 15.6. The molecule has 0 saturated heterocycles. The van der Waals surface area contributed by atoms with Gasteiger partial charge in [-0.1, -0.05) is 12.1 Å². The normalized spacial score (nSPS) is 10.8. The van der Waals surface area contributed by atoms with Gasteiger partial charge < -0.3 is 19.3 Å². The number of rotatable bonds is 5. The van der Waals surface area contributed by atoms with Crippen LogP contribution in [0.4, 0.5) is 0 Å². The molecule has 2 aromatic carbocycles. The molecule has 2 heterocycles. The Kier molecular flexibility index (Phi) is 4.44. The Morgan fingerprint density at radius 3 is 2.32 bits per heavy atom. The number of nitrogens with one attached hydrogen (secondary N) is 1. The molecule has 2 N–H and O–H groups in total. The summed E-state index contributed by atoms with van der Waals surface area (Å²) < 4.78 is 16.2. The van der Waals surface area contributed by atoms with Gasteiger partial charge in [-0.3, -0.25) is 5.10 Å². The summed E-state index contributed by atoms with van der Waals surface area (Å²) in [7, 11) is 4.68. The Hall–Kier alpha value is -3.81. The van der Waals surface area contributed by atoms with Crippen LogP contribution in [-0.2, 0) is 0 Å². The number of nitrogens with zero attached hydrogens (tertiary/aromatic N) is 3. The van der Waals surface area contributed by atoms with E-state index in [2.05, 4.69) is 15.2 Å². The molecule has 0 bridgehead atoms. The molecule has 0 amide bonds. The van der Waals surface area contributed by atoms with E-state index in [1.165, 1.54) is 0 Å². The maximum absolute atomic E-state index is 9.74. The van der Waals surface area contributed by atoms with Crippen LogP contribution in [0, 0.1) is 0 Å². The molecule has 0 aliphatic rings. The smallest absolute Gasteiger partial charge is 0.203 e. The average Bonchev–Trinajstić information content (AvgIpc) is 3.15. The third-order valence-corrected chi connectivity index (χ3v) is 4.36. The minimum Gasteiger partial charge on any atom is -0.508 e. The predicted molar refractivity (Wildman–Crippen MR) is 104 cm³/mol. The molecule has 8 heteroatoms. The standard InChI is InChI=1S/C20H18N4O4/c1-26-15-8-12(9-16(27-2)19(15)28-3)17-18-20(24-23-17)21-10-14(22-18)11-5-4-6-13(25)7-11/h4-10,25H,1-3H3,(H,21,23,24). The largest absolute Gasteiger partial charge is 0.508 e. The first kappa shape index (κ1) is 17.6. The molecule has 4 aromatic rings. The van der Waals surface area contributed by atoms with Gasteiger partial charge in [-0.25, -0.2) is 9.97 Å². The van der Waals surface area contributed by atoms with Gasteiger partial charge in [0.05, 0.1) is 38.9 Å². The first-order chi connectivity index (χ1) is 13.6. The van der Waals surface area contributed by atoms with Gasteiger partial charge in [-0.15, -0.1) is 0 Å². The molecule has 0 radical (unpaired) electrons. The van der Waals surface area contributed by atoms with Crippen molar-refractivity contribution in [3.63, 3.8) is 0 Å². The summed E-state index contributed by atoms with van der Waals surface area (Å²) >= 11 is 0. The summed E-state index contributed by atoms with van der Waals surface area (Å²) in [5.41, 5.74) is 3.89. The number of benzene rings is 2. The summed E-state index contributed by atoms with van der Waals surface area (Å²) in [5.74, 6) is 1.72. The second kappa shape index (κ2) is 7.07. The number of hydrogen-bond acceptors (Lipinski definition) is 7. The number of fused-ring (bicyclic) bond motifs is 1. The van der Waals surface area contributed by atoms with Gasteiger partial charge >= 0.3 is 0 Å². The van der Waals surface area contributed by atoms with Crippen molar-refractivity contribution in [2.24, 2.45) is 0 Å². The van der Waals surface area contributed by atoms with Crippen molar-refractivity contribution in [2.45, 2.75) is 0 Å². The van der Waals surface area contributed by atoms with Gasteiger partial charge in [-0.2, -0.15) is 5.10 Å². The van der Waals surface area contributed by atoms with Crippen molar-refractivity contribution in [1.82, 2.24) is 20.2 Å². The molecule has 142 valence electrons. The molecule has 0 aliphatic heterocycles. The van der Waals surface area contributed by atoms with Crippen molar-refractivity contribution in [3.05, 3.63) is 42.6 Å². The van der Waals surface area contributed by atoms with Crippen molar-refractivity contribution in [1.29, 1.82) is 0 Å². The average molecular weight is 378 g/mol.